The Hall–Kier alpha value is -2.63. The van der Waals surface area contributed by atoms with Crippen LogP contribution in [0.5, 0.6) is 0 Å². The second kappa shape index (κ2) is 6.24. The van der Waals surface area contributed by atoms with Crippen molar-refractivity contribution < 1.29 is 18.8 Å². The van der Waals surface area contributed by atoms with Crippen LogP contribution < -0.4 is 4.90 Å². The highest BCUT2D eigenvalue weighted by Gasteiger charge is 2.29. The molecule has 1 aliphatic heterocycles. The number of carbonyl (C=O) groups excluding carboxylic acids is 2. The van der Waals surface area contributed by atoms with Gasteiger partial charge in [0.2, 0.25) is 5.76 Å². The van der Waals surface area contributed by atoms with Crippen LogP contribution in [0, 0.1) is 6.92 Å². The highest BCUT2D eigenvalue weighted by Crippen LogP contribution is 2.27. The quantitative estimate of drug-likeness (QED) is 0.814. The Labute approximate surface area is 134 Å². The standard InChI is InChI=1S/C17H18N2O4/c1-11-10-15(23-18-11)17(21)22-12(2)16(20)19-9-5-7-13-6-3-4-8-14(13)19/h3-4,6,8,10,12H,5,7,9H2,1-2H3/t12-/m0/s1. The van der Waals surface area contributed by atoms with Gasteiger partial charge in [-0.15, -0.1) is 0 Å². The Morgan fingerprint density at radius 3 is 2.87 bits per heavy atom. The maximum atomic E-state index is 12.6. The molecule has 1 aromatic heterocycles. The zero-order chi connectivity index (χ0) is 16.4. The van der Waals surface area contributed by atoms with E-state index in [-0.39, 0.29) is 11.7 Å². The molecule has 1 aromatic carbocycles. The van der Waals surface area contributed by atoms with Crippen molar-refractivity contribution >= 4 is 17.6 Å². The first kappa shape index (κ1) is 15.3. The van der Waals surface area contributed by atoms with Crippen LogP contribution in [0.1, 0.15) is 35.2 Å². The third kappa shape index (κ3) is 3.11. The Morgan fingerprint density at radius 2 is 2.13 bits per heavy atom. The Balaban J connectivity index is 1.72. The lowest BCUT2D eigenvalue weighted by molar-refractivity contribution is -0.126. The predicted molar refractivity (Wildman–Crippen MR) is 83.2 cm³/mol. The average Bonchev–Trinajstić information content (AvgIpc) is 3.00. The molecule has 6 nitrogen and oxygen atoms in total. The van der Waals surface area contributed by atoms with Gasteiger partial charge in [0, 0.05) is 18.3 Å². The van der Waals surface area contributed by atoms with E-state index in [9.17, 15) is 9.59 Å². The number of benzene rings is 1. The first-order valence-electron chi connectivity index (χ1n) is 7.60. The number of nitrogens with zero attached hydrogens (tertiary/aromatic N) is 2. The minimum absolute atomic E-state index is 0.00111. The third-order valence-corrected chi connectivity index (χ3v) is 3.84. The van der Waals surface area contributed by atoms with Crippen molar-refractivity contribution in [3.05, 3.63) is 47.3 Å². The number of aryl methyl sites for hydroxylation is 2. The van der Waals surface area contributed by atoms with E-state index in [4.69, 9.17) is 9.26 Å². The summed E-state index contributed by atoms with van der Waals surface area (Å²) in [7, 11) is 0. The molecular weight excluding hydrogens is 296 g/mol. The summed E-state index contributed by atoms with van der Waals surface area (Å²) in [5, 5.41) is 3.64. The van der Waals surface area contributed by atoms with E-state index < -0.39 is 12.1 Å². The third-order valence-electron chi connectivity index (χ3n) is 3.84. The summed E-state index contributed by atoms with van der Waals surface area (Å²) in [5.74, 6) is -0.917. The normalized spacial score (nSPS) is 15.0. The van der Waals surface area contributed by atoms with Gasteiger partial charge in [0.25, 0.3) is 5.91 Å². The van der Waals surface area contributed by atoms with Crippen molar-refractivity contribution in [2.75, 3.05) is 11.4 Å². The van der Waals surface area contributed by atoms with Gasteiger partial charge in [-0.3, -0.25) is 4.79 Å². The molecule has 0 N–H and O–H groups in total. The summed E-state index contributed by atoms with van der Waals surface area (Å²) in [6.45, 7) is 3.90. The van der Waals surface area contributed by atoms with Crippen LogP contribution in [-0.4, -0.2) is 29.7 Å². The first-order chi connectivity index (χ1) is 11.1. The second-order valence-corrected chi connectivity index (χ2v) is 5.60. The molecule has 0 saturated heterocycles. The SMILES string of the molecule is Cc1cc(C(=O)O[C@@H](C)C(=O)N2CCCc3ccccc32)on1. The molecule has 120 valence electrons. The number of ether oxygens (including phenoxy) is 1. The maximum absolute atomic E-state index is 12.6. The molecule has 6 heteroatoms. The largest absolute Gasteiger partial charge is 0.447 e. The van der Waals surface area contributed by atoms with E-state index >= 15 is 0 Å². The summed E-state index contributed by atoms with van der Waals surface area (Å²) >= 11 is 0. The van der Waals surface area contributed by atoms with E-state index in [1.54, 1.807) is 18.7 Å². The number of esters is 1. The van der Waals surface area contributed by atoms with E-state index in [1.807, 2.05) is 24.3 Å². The Morgan fingerprint density at radius 1 is 1.35 bits per heavy atom. The number of fused-ring (bicyclic) bond motifs is 1. The lowest BCUT2D eigenvalue weighted by Gasteiger charge is -2.31. The van der Waals surface area contributed by atoms with E-state index in [0.29, 0.717) is 12.2 Å². The van der Waals surface area contributed by atoms with Gasteiger partial charge in [-0.2, -0.15) is 0 Å². The van der Waals surface area contributed by atoms with Crippen LogP contribution in [0.2, 0.25) is 0 Å². The highest BCUT2D eigenvalue weighted by atomic mass is 16.6. The smallest absolute Gasteiger partial charge is 0.377 e. The molecule has 2 aromatic rings. The fraction of sp³-hybridized carbons (Fsp3) is 0.353. The molecule has 0 saturated carbocycles. The number of aromatic nitrogens is 1. The topological polar surface area (TPSA) is 72.6 Å². The summed E-state index contributed by atoms with van der Waals surface area (Å²) < 4.78 is 10.1. The second-order valence-electron chi connectivity index (χ2n) is 5.60. The molecule has 1 aliphatic rings. The van der Waals surface area contributed by atoms with Crippen molar-refractivity contribution in [2.45, 2.75) is 32.8 Å². The van der Waals surface area contributed by atoms with E-state index in [2.05, 4.69) is 5.16 Å². The molecular formula is C17H18N2O4. The molecule has 0 bridgehead atoms. The molecule has 23 heavy (non-hydrogen) atoms. The molecule has 0 aliphatic carbocycles. The number of hydrogen-bond acceptors (Lipinski definition) is 5. The summed E-state index contributed by atoms with van der Waals surface area (Å²) in [6, 6.07) is 9.28. The minimum atomic E-state index is -0.890. The van der Waals surface area contributed by atoms with Crippen molar-refractivity contribution in [1.29, 1.82) is 0 Å². The number of carbonyl (C=O) groups is 2. The Bertz CT molecular complexity index is 738. The van der Waals surface area contributed by atoms with E-state index in [0.717, 1.165) is 24.1 Å². The fourth-order valence-electron chi connectivity index (χ4n) is 2.71. The molecule has 0 unspecified atom stereocenters. The van der Waals surface area contributed by atoms with Crippen molar-refractivity contribution in [3.8, 4) is 0 Å². The zero-order valence-electron chi connectivity index (χ0n) is 13.1. The van der Waals surface area contributed by atoms with Crippen molar-refractivity contribution in [1.82, 2.24) is 5.16 Å². The highest BCUT2D eigenvalue weighted by molar-refractivity contribution is 5.99. The lowest BCUT2D eigenvalue weighted by Crippen LogP contribution is -2.42. The maximum Gasteiger partial charge on any atom is 0.377 e. The van der Waals surface area contributed by atoms with Gasteiger partial charge in [0.15, 0.2) is 6.10 Å². The predicted octanol–water partition coefficient (Wildman–Crippen LogP) is 2.51. The summed E-state index contributed by atoms with van der Waals surface area (Å²) in [6.07, 6.45) is 0.954. The van der Waals surface area contributed by atoms with Gasteiger partial charge in [-0.25, -0.2) is 4.79 Å². The van der Waals surface area contributed by atoms with Gasteiger partial charge in [-0.05, 0) is 38.3 Å². The van der Waals surface area contributed by atoms with Gasteiger partial charge in [-0.1, -0.05) is 23.4 Å². The van der Waals surface area contributed by atoms with Crippen molar-refractivity contribution in [2.24, 2.45) is 0 Å². The Kier molecular flexibility index (Phi) is 4.14. The number of rotatable bonds is 3. The molecule has 1 atom stereocenters. The van der Waals surface area contributed by atoms with Gasteiger partial charge >= 0.3 is 5.97 Å². The molecule has 0 fully saturated rings. The van der Waals surface area contributed by atoms with Crippen LogP contribution >= 0.6 is 0 Å². The van der Waals surface area contributed by atoms with Gasteiger partial charge < -0.3 is 14.2 Å². The average molecular weight is 314 g/mol. The summed E-state index contributed by atoms with van der Waals surface area (Å²) in [5.41, 5.74) is 2.61. The monoisotopic (exact) mass is 314 g/mol. The van der Waals surface area contributed by atoms with Gasteiger partial charge in [0.05, 0.1) is 5.69 Å². The van der Waals surface area contributed by atoms with Crippen molar-refractivity contribution in [3.63, 3.8) is 0 Å². The lowest BCUT2D eigenvalue weighted by atomic mass is 10.0. The summed E-state index contributed by atoms with van der Waals surface area (Å²) in [4.78, 5) is 26.3. The molecule has 0 radical (unpaired) electrons. The molecule has 0 spiro atoms. The number of para-hydroxylation sites is 1. The fourth-order valence-corrected chi connectivity index (χ4v) is 2.71. The molecule has 2 heterocycles. The van der Waals surface area contributed by atoms with Crippen LogP contribution in [0.4, 0.5) is 5.69 Å². The zero-order valence-corrected chi connectivity index (χ0v) is 13.1. The van der Waals surface area contributed by atoms with E-state index in [1.165, 1.54) is 6.07 Å². The number of anilines is 1. The van der Waals surface area contributed by atoms with Crippen LogP contribution in [0.3, 0.4) is 0 Å². The number of amides is 1. The van der Waals surface area contributed by atoms with Crippen LogP contribution in [0.25, 0.3) is 0 Å². The van der Waals surface area contributed by atoms with Gasteiger partial charge in [0.1, 0.15) is 0 Å². The molecule has 3 rings (SSSR count). The molecule has 1 amide bonds. The first-order valence-corrected chi connectivity index (χ1v) is 7.60. The minimum Gasteiger partial charge on any atom is -0.447 e. The van der Waals surface area contributed by atoms with Crippen LogP contribution in [0.15, 0.2) is 34.9 Å². The van der Waals surface area contributed by atoms with Crippen LogP contribution in [-0.2, 0) is 16.0 Å². The number of hydrogen-bond donors (Lipinski definition) is 0.